The van der Waals surface area contributed by atoms with Gasteiger partial charge in [0.2, 0.25) is 0 Å². The number of benzene rings is 1. The second-order valence-electron chi connectivity index (χ2n) is 4.04. The molecule has 0 radical (unpaired) electrons. The van der Waals surface area contributed by atoms with E-state index < -0.39 is 11.9 Å². The molecule has 0 fully saturated rings. The summed E-state index contributed by atoms with van der Waals surface area (Å²) in [6.45, 7) is 3.50. The van der Waals surface area contributed by atoms with Crippen molar-refractivity contribution in [3.05, 3.63) is 34.6 Å². The summed E-state index contributed by atoms with van der Waals surface area (Å²) < 4.78 is 12.8. The maximum atomic E-state index is 12.8. The van der Waals surface area contributed by atoms with Gasteiger partial charge in [-0.1, -0.05) is 31.5 Å². The van der Waals surface area contributed by atoms with E-state index in [0.717, 1.165) is 5.56 Å². The van der Waals surface area contributed by atoms with Crippen molar-refractivity contribution in [3.8, 4) is 0 Å². The lowest BCUT2D eigenvalue weighted by Crippen LogP contribution is -2.20. The first-order valence-corrected chi connectivity index (χ1v) is 5.46. The lowest BCUT2D eigenvalue weighted by Gasteiger charge is -2.16. The van der Waals surface area contributed by atoms with Crippen molar-refractivity contribution in [3.63, 3.8) is 0 Å². The molecule has 1 N–H and O–H groups in total. The van der Waals surface area contributed by atoms with Gasteiger partial charge in [-0.2, -0.15) is 0 Å². The van der Waals surface area contributed by atoms with Crippen LogP contribution in [0.4, 0.5) is 4.39 Å². The molecule has 1 rings (SSSR count). The molecule has 4 heteroatoms. The Labute approximate surface area is 99.0 Å². The number of hydrogen-bond donors (Lipinski definition) is 1. The fraction of sp³-hybridized carbons (Fsp3) is 0.417. The van der Waals surface area contributed by atoms with Crippen LogP contribution >= 0.6 is 11.6 Å². The predicted molar refractivity (Wildman–Crippen MR) is 61.1 cm³/mol. The van der Waals surface area contributed by atoms with E-state index >= 15 is 0 Å². The Morgan fingerprint density at radius 1 is 1.50 bits per heavy atom. The lowest BCUT2D eigenvalue weighted by atomic mass is 9.90. The molecule has 0 heterocycles. The molecule has 0 aliphatic heterocycles. The van der Waals surface area contributed by atoms with Crippen molar-refractivity contribution in [1.29, 1.82) is 0 Å². The maximum Gasteiger partial charge on any atom is 0.306 e. The first-order valence-electron chi connectivity index (χ1n) is 5.08. The van der Waals surface area contributed by atoms with Gasteiger partial charge in [0.05, 0.1) is 5.92 Å². The number of hydrogen-bond acceptors (Lipinski definition) is 1. The molecule has 0 amide bonds. The molecule has 2 atom stereocenters. The van der Waals surface area contributed by atoms with Crippen molar-refractivity contribution in [1.82, 2.24) is 0 Å². The van der Waals surface area contributed by atoms with Gasteiger partial charge in [0.15, 0.2) is 0 Å². The van der Waals surface area contributed by atoms with Crippen molar-refractivity contribution < 1.29 is 14.3 Å². The van der Waals surface area contributed by atoms with Crippen LogP contribution in [-0.4, -0.2) is 11.1 Å². The third-order valence-corrected chi connectivity index (χ3v) is 3.15. The standard InChI is InChI=1S/C12H14ClFO2/c1-7(8(2)12(15)16)5-9-3-4-10(14)6-11(9)13/h3-4,6-8H,5H2,1-2H3,(H,15,16). The van der Waals surface area contributed by atoms with Crippen LogP contribution in [0.25, 0.3) is 0 Å². The first kappa shape index (κ1) is 13.0. The van der Waals surface area contributed by atoms with Gasteiger partial charge in [-0.05, 0) is 30.0 Å². The van der Waals surface area contributed by atoms with E-state index in [4.69, 9.17) is 16.7 Å². The minimum absolute atomic E-state index is 0.0412. The van der Waals surface area contributed by atoms with Gasteiger partial charge in [0.25, 0.3) is 0 Å². The number of carboxylic acid groups (broad SMARTS) is 1. The van der Waals surface area contributed by atoms with Gasteiger partial charge < -0.3 is 5.11 Å². The molecule has 2 nitrogen and oxygen atoms in total. The van der Waals surface area contributed by atoms with Crippen LogP contribution < -0.4 is 0 Å². The highest BCUT2D eigenvalue weighted by Crippen LogP contribution is 2.23. The summed E-state index contributed by atoms with van der Waals surface area (Å²) in [5, 5.41) is 9.20. The van der Waals surface area contributed by atoms with Gasteiger partial charge in [0.1, 0.15) is 5.82 Å². The molecule has 0 saturated carbocycles. The Morgan fingerprint density at radius 2 is 2.12 bits per heavy atom. The Kier molecular flexibility index (Phi) is 4.30. The monoisotopic (exact) mass is 244 g/mol. The minimum atomic E-state index is -0.828. The highest BCUT2D eigenvalue weighted by Gasteiger charge is 2.20. The summed E-state index contributed by atoms with van der Waals surface area (Å²) in [5.41, 5.74) is 0.781. The Morgan fingerprint density at radius 3 is 2.62 bits per heavy atom. The first-order chi connectivity index (χ1) is 7.41. The average molecular weight is 245 g/mol. The highest BCUT2D eigenvalue weighted by molar-refractivity contribution is 6.31. The molecule has 0 aliphatic rings. The van der Waals surface area contributed by atoms with Crippen LogP contribution in [0.5, 0.6) is 0 Å². The molecule has 0 saturated heterocycles. The maximum absolute atomic E-state index is 12.8. The summed E-state index contributed by atoms with van der Waals surface area (Å²) in [4.78, 5) is 10.8. The van der Waals surface area contributed by atoms with Crippen LogP contribution in [0, 0.1) is 17.7 Å². The molecule has 0 aromatic heterocycles. The van der Waals surface area contributed by atoms with Gasteiger partial charge in [-0.15, -0.1) is 0 Å². The van der Waals surface area contributed by atoms with Crippen LogP contribution in [0.2, 0.25) is 5.02 Å². The summed E-state index contributed by atoms with van der Waals surface area (Å²) in [6.07, 6.45) is 0.534. The molecule has 1 aromatic rings. The number of aliphatic carboxylic acids is 1. The second-order valence-corrected chi connectivity index (χ2v) is 4.45. The summed E-state index contributed by atoms with van der Waals surface area (Å²) in [7, 11) is 0. The fourth-order valence-corrected chi connectivity index (χ4v) is 1.70. The quantitative estimate of drug-likeness (QED) is 0.882. The van der Waals surface area contributed by atoms with Crippen molar-refractivity contribution in [2.75, 3.05) is 0 Å². The van der Waals surface area contributed by atoms with Crippen LogP contribution in [0.1, 0.15) is 19.4 Å². The molecule has 0 aliphatic carbocycles. The molecule has 0 bridgehead atoms. The molecular formula is C12H14ClFO2. The summed E-state index contributed by atoms with van der Waals surface area (Å²) >= 11 is 5.87. The second kappa shape index (κ2) is 5.30. The van der Waals surface area contributed by atoms with E-state index in [2.05, 4.69) is 0 Å². The number of carbonyl (C=O) groups is 1. The Bertz CT molecular complexity index is 393. The van der Waals surface area contributed by atoms with E-state index in [-0.39, 0.29) is 11.7 Å². The zero-order valence-electron chi connectivity index (χ0n) is 9.21. The third-order valence-electron chi connectivity index (χ3n) is 2.80. The number of rotatable bonds is 4. The fourth-order valence-electron chi connectivity index (χ4n) is 1.45. The molecular weight excluding hydrogens is 231 g/mol. The smallest absolute Gasteiger partial charge is 0.306 e. The molecule has 0 spiro atoms. The topological polar surface area (TPSA) is 37.3 Å². The van der Waals surface area contributed by atoms with E-state index in [1.165, 1.54) is 12.1 Å². The zero-order chi connectivity index (χ0) is 12.3. The van der Waals surface area contributed by atoms with Crippen LogP contribution in [-0.2, 0) is 11.2 Å². The molecule has 1 aromatic carbocycles. The Balaban J connectivity index is 2.77. The average Bonchev–Trinajstić information content (AvgIpc) is 2.20. The molecule has 2 unspecified atom stereocenters. The molecule has 16 heavy (non-hydrogen) atoms. The van der Waals surface area contributed by atoms with E-state index in [1.807, 2.05) is 6.92 Å². The number of halogens is 2. The van der Waals surface area contributed by atoms with E-state index in [1.54, 1.807) is 13.0 Å². The largest absolute Gasteiger partial charge is 0.481 e. The SMILES string of the molecule is CC(Cc1ccc(F)cc1Cl)C(C)C(=O)O. The summed E-state index contributed by atoms with van der Waals surface area (Å²) in [6, 6.07) is 4.18. The van der Waals surface area contributed by atoms with Crippen molar-refractivity contribution >= 4 is 17.6 Å². The van der Waals surface area contributed by atoms with Crippen molar-refractivity contribution in [2.24, 2.45) is 11.8 Å². The molecule has 88 valence electrons. The summed E-state index contributed by atoms with van der Waals surface area (Å²) in [5.74, 6) is -1.69. The van der Waals surface area contributed by atoms with Crippen LogP contribution in [0.15, 0.2) is 18.2 Å². The highest BCUT2D eigenvalue weighted by atomic mass is 35.5. The van der Waals surface area contributed by atoms with E-state index in [9.17, 15) is 9.18 Å². The van der Waals surface area contributed by atoms with Gasteiger partial charge in [0, 0.05) is 5.02 Å². The lowest BCUT2D eigenvalue weighted by molar-refractivity contribution is -0.142. The normalized spacial score (nSPS) is 14.5. The van der Waals surface area contributed by atoms with Gasteiger partial charge in [-0.3, -0.25) is 4.79 Å². The van der Waals surface area contributed by atoms with Gasteiger partial charge in [-0.25, -0.2) is 4.39 Å². The van der Waals surface area contributed by atoms with Crippen molar-refractivity contribution in [2.45, 2.75) is 20.3 Å². The minimum Gasteiger partial charge on any atom is -0.481 e. The van der Waals surface area contributed by atoms with Gasteiger partial charge >= 0.3 is 5.97 Å². The third kappa shape index (κ3) is 3.20. The van der Waals surface area contributed by atoms with E-state index in [0.29, 0.717) is 11.4 Å². The number of carboxylic acids is 1. The predicted octanol–water partition coefficient (Wildman–Crippen LogP) is 3.38. The zero-order valence-corrected chi connectivity index (χ0v) is 9.96. The Hall–Kier alpha value is -1.09. The van der Waals surface area contributed by atoms with Crippen LogP contribution in [0.3, 0.4) is 0 Å².